The van der Waals surface area contributed by atoms with Gasteiger partial charge < -0.3 is 19.7 Å². The zero-order valence-corrected chi connectivity index (χ0v) is 12.3. The van der Waals surface area contributed by atoms with Gasteiger partial charge in [0.1, 0.15) is 0 Å². The fourth-order valence-corrected chi connectivity index (χ4v) is 2.75. The molecule has 2 N–H and O–H groups in total. The van der Waals surface area contributed by atoms with Crippen LogP contribution in [-0.2, 0) is 20.7 Å². The molecule has 6 heteroatoms. The lowest BCUT2D eigenvalue weighted by molar-refractivity contribution is -0.159. The molecule has 1 aliphatic rings. The number of nitrogens with one attached hydrogen (secondary N) is 1. The van der Waals surface area contributed by atoms with E-state index in [1.165, 1.54) is 0 Å². The number of benzene rings is 1. The molecule has 0 radical (unpaired) electrons. The molecule has 1 amide bonds. The number of aliphatic carboxylic acids is 1. The van der Waals surface area contributed by atoms with Crippen molar-refractivity contribution >= 4 is 22.8 Å². The summed E-state index contributed by atoms with van der Waals surface area (Å²) in [5.41, 5.74) is 3.09. The van der Waals surface area contributed by atoms with Crippen molar-refractivity contribution in [2.45, 2.75) is 19.4 Å². The van der Waals surface area contributed by atoms with Gasteiger partial charge in [0.25, 0.3) is 0 Å². The fourth-order valence-electron chi connectivity index (χ4n) is 2.75. The molecular formula is C16H18N2O4. The molecule has 1 aromatic heterocycles. The van der Waals surface area contributed by atoms with Crippen LogP contribution < -0.4 is 0 Å². The summed E-state index contributed by atoms with van der Waals surface area (Å²) in [6, 6.07) is 6.06. The first-order valence-corrected chi connectivity index (χ1v) is 7.23. The standard InChI is InChI=1S/C16H18N2O4/c1-10-2-3-12-11(8-17-13(12)6-10)7-15(19)18-4-5-22-14(9-18)16(20)21/h2-3,6,8,14,17H,4-5,7,9H2,1H3,(H,20,21)/t14-/m1/s1. The number of carboxylic acid groups (broad SMARTS) is 1. The van der Waals surface area contributed by atoms with Gasteiger partial charge in [-0.2, -0.15) is 0 Å². The van der Waals surface area contributed by atoms with Gasteiger partial charge in [-0.1, -0.05) is 12.1 Å². The number of carbonyl (C=O) groups excluding carboxylic acids is 1. The number of hydrogen-bond donors (Lipinski definition) is 2. The minimum absolute atomic E-state index is 0.0731. The van der Waals surface area contributed by atoms with Crippen LogP contribution in [0.3, 0.4) is 0 Å². The van der Waals surface area contributed by atoms with E-state index in [0.717, 1.165) is 22.0 Å². The molecule has 1 saturated heterocycles. The molecule has 2 aromatic rings. The highest BCUT2D eigenvalue weighted by Crippen LogP contribution is 2.21. The fraction of sp³-hybridized carbons (Fsp3) is 0.375. The number of aromatic amines is 1. The van der Waals surface area contributed by atoms with Crippen LogP contribution in [0.1, 0.15) is 11.1 Å². The molecule has 22 heavy (non-hydrogen) atoms. The number of carbonyl (C=O) groups is 2. The van der Waals surface area contributed by atoms with Crippen LogP contribution in [0.25, 0.3) is 10.9 Å². The summed E-state index contributed by atoms with van der Waals surface area (Å²) in [5.74, 6) is -1.10. The van der Waals surface area contributed by atoms with E-state index >= 15 is 0 Å². The second kappa shape index (κ2) is 5.81. The Balaban J connectivity index is 1.74. The largest absolute Gasteiger partial charge is 0.479 e. The average molecular weight is 302 g/mol. The summed E-state index contributed by atoms with van der Waals surface area (Å²) in [6.45, 7) is 2.82. The summed E-state index contributed by atoms with van der Waals surface area (Å²) >= 11 is 0. The minimum Gasteiger partial charge on any atom is -0.479 e. The van der Waals surface area contributed by atoms with E-state index in [-0.39, 0.29) is 25.5 Å². The monoisotopic (exact) mass is 302 g/mol. The van der Waals surface area contributed by atoms with Gasteiger partial charge in [0.05, 0.1) is 19.6 Å². The number of aromatic nitrogens is 1. The SMILES string of the molecule is Cc1ccc2c(CC(=O)N3CCO[C@@H](C(=O)O)C3)c[nH]c2c1. The van der Waals surface area contributed by atoms with Crippen LogP contribution in [0, 0.1) is 6.92 Å². The molecule has 1 aromatic carbocycles. The Kier molecular flexibility index (Phi) is 3.85. The number of rotatable bonds is 3. The Bertz CT molecular complexity index is 722. The normalized spacial score (nSPS) is 18.6. The van der Waals surface area contributed by atoms with Crippen LogP contribution in [0.2, 0.25) is 0 Å². The number of fused-ring (bicyclic) bond motifs is 1. The van der Waals surface area contributed by atoms with E-state index in [4.69, 9.17) is 9.84 Å². The number of hydrogen-bond acceptors (Lipinski definition) is 3. The van der Waals surface area contributed by atoms with Crippen LogP contribution in [0.15, 0.2) is 24.4 Å². The maximum absolute atomic E-state index is 12.4. The highest BCUT2D eigenvalue weighted by Gasteiger charge is 2.29. The zero-order chi connectivity index (χ0) is 15.7. The molecule has 0 saturated carbocycles. The third kappa shape index (κ3) is 2.82. The van der Waals surface area contributed by atoms with Crippen LogP contribution in [0.5, 0.6) is 0 Å². The first-order valence-electron chi connectivity index (χ1n) is 7.23. The predicted octanol–water partition coefficient (Wildman–Crippen LogP) is 1.33. The maximum atomic E-state index is 12.4. The van der Waals surface area contributed by atoms with Gasteiger partial charge in [0.2, 0.25) is 5.91 Å². The van der Waals surface area contributed by atoms with Crippen molar-refractivity contribution in [3.05, 3.63) is 35.5 Å². The summed E-state index contributed by atoms with van der Waals surface area (Å²) in [7, 11) is 0. The molecule has 0 unspecified atom stereocenters. The number of H-pyrrole nitrogens is 1. The molecule has 6 nitrogen and oxygen atoms in total. The Hall–Kier alpha value is -2.34. The summed E-state index contributed by atoms with van der Waals surface area (Å²) in [6.07, 6.45) is 1.18. The molecule has 116 valence electrons. The van der Waals surface area contributed by atoms with Crippen molar-refractivity contribution in [2.24, 2.45) is 0 Å². The van der Waals surface area contributed by atoms with E-state index < -0.39 is 12.1 Å². The van der Waals surface area contributed by atoms with Gasteiger partial charge in [0.15, 0.2) is 6.10 Å². The number of aryl methyl sites for hydroxylation is 1. The first-order chi connectivity index (χ1) is 10.5. The summed E-state index contributed by atoms with van der Waals surface area (Å²) < 4.78 is 5.14. The topological polar surface area (TPSA) is 82.6 Å². The molecule has 0 spiro atoms. The lowest BCUT2D eigenvalue weighted by atomic mass is 10.1. The lowest BCUT2D eigenvalue weighted by Gasteiger charge is -2.30. The number of ether oxygens (including phenoxy) is 1. The molecule has 2 heterocycles. The number of carboxylic acids is 1. The molecule has 0 aliphatic carbocycles. The first kappa shape index (κ1) is 14.6. The zero-order valence-electron chi connectivity index (χ0n) is 12.3. The second-order valence-electron chi connectivity index (χ2n) is 5.58. The van der Waals surface area contributed by atoms with Gasteiger partial charge >= 0.3 is 5.97 Å². The van der Waals surface area contributed by atoms with E-state index in [1.54, 1.807) is 4.90 Å². The average Bonchev–Trinajstić information content (AvgIpc) is 2.89. The van der Waals surface area contributed by atoms with Gasteiger partial charge in [-0.05, 0) is 24.1 Å². The molecule has 1 aliphatic heterocycles. The van der Waals surface area contributed by atoms with Crippen molar-refractivity contribution in [2.75, 3.05) is 19.7 Å². The number of nitrogens with zero attached hydrogens (tertiary/aromatic N) is 1. The van der Waals surface area contributed by atoms with E-state index in [9.17, 15) is 9.59 Å². The Morgan fingerprint density at radius 1 is 1.45 bits per heavy atom. The Morgan fingerprint density at radius 3 is 3.05 bits per heavy atom. The van der Waals surface area contributed by atoms with Gasteiger partial charge in [-0.25, -0.2) is 4.79 Å². The van der Waals surface area contributed by atoms with Crippen molar-refractivity contribution in [1.82, 2.24) is 9.88 Å². The van der Waals surface area contributed by atoms with Crippen LogP contribution in [-0.4, -0.2) is 52.7 Å². The molecule has 3 rings (SSSR count). The van der Waals surface area contributed by atoms with Crippen LogP contribution in [0.4, 0.5) is 0 Å². The Morgan fingerprint density at radius 2 is 2.27 bits per heavy atom. The van der Waals surface area contributed by atoms with Crippen LogP contribution >= 0.6 is 0 Å². The lowest BCUT2D eigenvalue weighted by Crippen LogP contribution is -2.49. The third-order valence-corrected chi connectivity index (χ3v) is 3.96. The van der Waals surface area contributed by atoms with Gasteiger partial charge in [-0.3, -0.25) is 4.79 Å². The summed E-state index contributed by atoms with van der Waals surface area (Å²) in [4.78, 5) is 28.1. The molecule has 0 bridgehead atoms. The van der Waals surface area contributed by atoms with Gasteiger partial charge in [-0.15, -0.1) is 0 Å². The quantitative estimate of drug-likeness (QED) is 0.896. The Labute approximate surface area is 127 Å². The number of morpholine rings is 1. The highest BCUT2D eigenvalue weighted by atomic mass is 16.5. The highest BCUT2D eigenvalue weighted by molar-refractivity contribution is 5.89. The molecular weight excluding hydrogens is 284 g/mol. The predicted molar refractivity (Wildman–Crippen MR) is 80.7 cm³/mol. The maximum Gasteiger partial charge on any atom is 0.334 e. The third-order valence-electron chi connectivity index (χ3n) is 3.96. The smallest absolute Gasteiger partial charge is 0.334 e. The van der Waals surface area contributed by atoms with Gasteiger partial charge in [0, 0.05) is 23.6 Å². The van der Waals surface area contributed by atoms with Crippen molar-refractivity contribution in [1.29, 1.82) is 0 Å². The van der Waals surface area contributed by atoms with Crippen molar-refractivity contribution in [3.8, 4) is 0 Å². The number of amides is 1. The minimum atomic E-state index is -1.03. The van der Waals surface area contributed by atoms with E-state index in [0.29, 0.717) is 6.54 Å². The second-order valence-corrected chi connectivity index (χ2v) is 5.58. The summed E-state index contributed by atoms with van der Waals surface area (Å²) in [5, 5.41) is 10.0. The molecule has 1 fully saturated rings. The molecule has 1 atom stereocenters. The van der Waals surface area contributed by atoms with Crippen molar-refractivity contribution < 1.29 is 19.4 Å². The van der Waals surface area contributed by atoms with E-state index in [2.05, 4.69) is 4.98 Å². The van der Waals surface area contributed by atoms with E-state index in [1.807, 2.05) is 31.3 Å². The van der Waals surface area contributed by atoms with Crippen molar-refractivity contribution in [3.63, 3.8) is 0 Å².